The predicted octanol–water partition coefficient (Wildman–Crippen LogP) is 3.81. The van der Waals surface area contributed by atoms with Crippen molar-refractivity contribution in [1.82, 2.24) is 0 Å². The van der Waals surface area contributed by atoms with E-state index in [0.717, 1.165) is 10.6 Å². The second-order valence-corrected chi connectivity index (χ2v) is 6.59. The van der Waals surface area contributed by atoms with Gasteiger partial charge in [-0.3, -0.25) is 14.9 Å². The molecule has 0 aromatic heterocycles. The number of esters is 1. The van der Waals surface area contributed by atoms with Crippen LogP contribution in [0.1, 0.15) is 22.8 Å². The van der Waals surface area contributed by atoms with Gasteiger partial charge in [0.25, 0.3) is 11.6 Å². The first-order valence-electron chi connectivity index (χ1n) is 7.86. The van der Waals surface area contributed by atoms with Gasteiger partial charge in [-0.15, -0.1) is 11.8 Å². The highest BCUT2D eigenvalue weighted by Crippen LogP contribution is 2.27. The van der Waals surface area contributed by atoms with E-state index in [0.29, 0.717) is 11.1 Å². The Labute approximate surface area is 154 Å². The lowest BCUT2D eigenvalue weighted by molar-refractivity contribution is -0.384. The molecule has 8 heteroatoms. The van der Waals surface area contributed by atoms with Crippen molar-refractivity contribution in [3.8, 4) is 0 Å². The number of para-hydroxylation sites is 1. The number of aryl methyl sites for hydroxylation is 1. The minimum absolute atomic E-state index is 0.0977. The Morgan fingerprint density at radius 3 is 2.62 bits per heavy atom. The molecule has 1 N–H and O–H groups in total. The van der Waals surface area contributed by atoms with Crippen molar-refractivity contribution in [3.63, 3.8) is 0 Å². The molecule has 136 valence electrons. The number of nitrogens with one attached hydrogen (secondary N) is 1. The molecule has 0 saturated carbocycles. The molecule has 0 aliphatic heterocycles. The Morgan fingerprint density at radius 1 is 1.19 bits per heavy atom. The summed E-state index contributed by atoms with van der Waals surface area (Å²) in [5.74, 6) is -0.464. The highest BCUT2D eigenvalue weighted by atomic mass is 32.2. The summed E-state index contributed by atoms with van der Waals surface area (Å²) in [5, 5.41) is 13.5. The van der Waals surface area contributed by atoms with Crippen LogP contribution in [0.3, 0.4) is 0 Å². The average molecular weight is 374 g/mol. The number of thioether (sulfide) groups is 1. The largest absolute Gasteiger partial charge is 0.452 e. The summed E-state index contributed by atoms with van der Waals surface area (Å²) in [6.07, 6.45) is 0. The van der Waals surface area contributed by atoms with E-state index < -0.39 is 23.4 Å². The van der Waals surface area contributed by atoms with E-state index in [-0.39, 0.29) is 11.4 Å². The summed E-state index contributed by atoms with van der Waals surface area (Å²) in [5.41, 5.74) is 0.812. The van der Waals surface area contributed by atoms with Crippen molar-refractivity contribution in [2.75, 3.05) is 17.7 Å². The topological polar surface area (TPSA) is 98.5 Å². The molecule has 0 bridgehead atoms. The van der Waals surface area contributed by atoms with Crippen molar-refractivity contribution in [1.29, 1.82) is 0 Å². The van der Waals surface area contributed by atoms with Crippen LogP contribution in [0, 0.1) is 17.0 Å². The molecule has 0 aliphatic rings. The molecule has 2 rings (SSSR count). The molecule has 26 heavy (non-hydrogen) atoms. The molecular formula is C18H18N2O5S. The van der Waals surface area contributed by atoms with Crippen molar-refractivity contribution in [3.05, 3.63) is 63.7 Å². The maximum atomic E-state index is 12.2. The van der Waals surface area contributed by atoms with E-state index in [1.807, 2.05) is 19.1 Å². The number of ether oxygens (including phenoxy) is 1. The first-order valence-corrected chi connectivity index (χ1v) is 8.85. The number of amides is 1. The Morgan fingerprint density at radius 2 is 1.92 bits per heavy atom. The zero-order chi connectivity index (χ0) is 19.1. The molecule has 2 aromatic rings. The number of hydrogen-bond acceptors (Lipinski definition) is 6. The minimum atomic E-state index is -0.642. The first-order chi connectivity index (χ1) is 12.4. The van der Waals surface area contributed by atoms with Gasteiger partial charge in [0.2, 0.25) is 0 Å². The fraction of sp³-hybridized carbons (Fsp3) is 0.222. The van der Waals surface area contributed by atoms with Gasteiger partial charge in [0.05, 0.1) is 10.5 Å². The van der Waals surface area contributed by atoms with Crippen molar-refractivity contribution < 1.29 is 19.2 Å². The van der Waals surface area contributed by atoms with Crippen LogP contribution in [0.2, 0.25) is 0 Å². The van der Waals surface area contributed by atoms with Crippen LogP contribution in [0.4, 0.5) is 11.4 Å². The fourth-order valence-electron chi connectivity index (χ4n) is 2.27. The SMILES string of the molecule is CCSc1ccccc1C(=O)OCC(=O)Nc1c(C)cccc1[N+](=O)[O-]. The molecule has 0 atom stereocenters. The molecule has 0 spiro atoms. The third-order valence-corrected chi connectivity index (χ3v) is 4.41. The Balaban J connectivity index is 2.04. The number of nitrogens with zero attached hydrogens (tertiary/aromatic N) is 1. The molecule has 0 heterocycles. The number of anilines is 1. The van der Waals surface area contributed by atoms with Crippen LogP contribution < -0.4 is 5.32 Å². The maximum Gasteiger partial charge on any atom is 0.339 e. The van der Waals surface area contributed by atoms with Gasteiger partial charge in [0.15, 0.2) is 6.61 Å². The van der Waals surface area contributed by atoms with E-state index in [4.69, 9.17) is 4.74 Å². The number of carbonyl (C=O) groups excluding carboxylic acids is 2. The third-order valence-electron chi connectivity index (χ3n) is 3.45. The zero-order valence-corrected chi connectivity index (χ0v) is 15.2. The molecule has 2 aromatic carbocycles. The van der Waals surface area contributed by atoms with Crippen LogP contribution >= 0.6 is 11.8 Å². The number of rotatable bonds is 7. The lowest BCUT2D eigenvalue weighted by Gasteiger charge is -2.10. The number of benzene rings is 2. The van der Waals surface area contributed by atoms with Gasteiger partial charge in [-0.1, -0.05) is 31.2 Å². The van der Waals surface area contributed by atoms with Gasteiger partial charge in [0, 0.05) is 11.0 Å². The first kappa shape index (κ1) is 19.5. The van der Waals surface area contributed by atoms with E-state index in [1.54, 1.807) is 25.1 Å². The van der Waals surface area contributed by atoms with Crippen LogP contribution in [-0.2, 0) is 9.53 Å². The molecule has 0 saturated heterocycles. The van der Waals surface area contributed by atoms with E-state index in [2.05, 4.69) is 5.32 Å². The average Bonchev–Trinajstić information content (AvgIpc) is 2.62. The second kappa shape index (κ2) is 9.00. The molecule has 0 radical (unpaired) electrons. The zero-order valence-electron chi connectivity index (χ0n) is 14.4. The molecular weight excluding hydrogens is 356 g/mol. The predicted molar refractivity (Wildman–Crippen MR) is 99.6 cm³/mol. The van der Waals surface area contributed by atoms with E-state index in [9.17, 15) is 19.7 Å². The van der Waals surface area contributed by atoms with E-state index in [1.165, 1.54) is 23.9 Å². The number of nitro groups is 1. The number of hydrogen-bond donors (Lipinski definition) is 1. The highest BCUT2D eigenvalue weighted by molar-refractivity contribution is 7.99. The van der Waals surface area contributed by atoms with Crippen LogP contribution in [0.5, 0.6) is 0 Å². The van der Waals surface area contributed by atoms with Crippen molar-refractivity contribution in [2.24, 2.45) is 0 Å². The molecule has 7 nitrogen and oxygen atoms in total. The van der Waals surface area contributed by atoms with Crippen molar-refractivity contribution >= 4 is 35.0 Å². The molecule has 1 amide bonds. The number of carbonyl (C=O) groups is 2. The van der Waals surface area contributed by atoms with Gasteiger partial charge < -0.3 is 10.1 Å². The van der Waals surface area contributed by atoms with Gasteiger partial charge in [0.1, 0.15) is 5.69 Å². The van der Waals surface area contributed by atoms with Gasteiger partial charge in [-0.05, 0) is 30.4 Å². The fourth-order valence-corrected chi connectivity index (χ4v) is 3.06. The maximum absolute atomic E-state index is 12.2. The molecule has 0 aliphatic carbocycles. The highest BCUT2D eigenvalue weighted by Gasteiger charge is 2.19. The monoisotopic (exact) mass is 374 g/mol. The van der Waals surface area contributed by atoms with Crippen molar-refractivity contribution in [2.45, 2.75) is 18.7 Å². The van der Waals surface area contributed by atoms with Crippen LogP contribution in [0.15, 0.2) is 47.4 Å². The summed E-state index contributed by atoms with van der Waals surface area (Å²) in [6, 6.07) is 11.4. The van der Waals surface area contributed by atoms with Gasteiger partial charge in [-0.25, -0.2) is 4.79 Å². The van der Waals surface area contributed by atoms with Crippen LogP contribution in [-0.4, -0.2) is 29.2 Å². The minimum Gasteiger partial charge on any atom is -0.452 e. The summed E-state index contributed by atoms with van der Waals surface area (Å²) < 4.78 is 5.06. The summed E-state index contributed by atoms with van der Waals surface area (Å²) in [7, 11) is 0. The summed E-state index contributed by atoms with van der Waals surface area (Å²) in [6.45, 7) is 3.08. The Kier molecular flexibility index (Phi) is 6.74. The Bertz CT molecular complexity index is 838. The second-order valence-electron chi connectivity index (χ2n) is 5.28. The third kappa shape index (κ3) is 4.82. The summed E-state index contributed by atoms with van der Waals surface area (Å²) in [4.78, 5) is 35.6. The summed E-state index contributed by atoms with van der Waals surface area (Å²) >= 11 is 1.50. The lowest BCUT2D eigenvalue weighted by Crippen LogP contribution is -2.22. The quantitative estimate of drug-likeness (QED) is 0.342. The van der Waals surface area contributed by atoms with Gasteiger partial charge in [-0.2, -0.15) is 0 Å². The number of nitro benzene ring substituents is 1. The standard InChI is InChI=1S/C18H18N2O5S/c1-3-26-15-10-5-4-8-13(15)18(22)25-11-16(21)19-17-12(2)7-6-9-14(17)20(23)24/h4-10H,3,11H2,1-2H3,(H,19,21). The van der Waals surface area contributed by atoms with E-state index >= 15 is 0 Å². The smallest absolute Gasteiger partial charge is 0.339 e. The van der Waals surface area contributed by atoms with Gasteiger partial charge >= 0.3 is 5.97 Å². The lowest BCUT2D eigenvalue weighted by atomic mass is 10.1. The Hall–Kier alpha value is -2.87. The molecule has 0 unspecified atom stereocenters. The normalized spacial score (nSPS) is 10.2. The van der Waals surface area contributed by atoms with Crippen LogP contribution in [0.25, 0.3) is 0 Å². The molecule has 0 fully saturated rings.